The van der Waals surface area contributed by atoms with Crippen LogP contribution < -0.4 is 0 Å². The summed E-state index contributed by atoms with van der Waals surface area (Å²) in [7, 11) is 1.60. The zero-order chi connectivity index (χ0) is 13.0. The highest BCUT2D eigenvalue weighted by molar-refractivity contribution is 6.00. The first-order valence-corrected chi connectivity index (χ1v) is 5.50. The number of rotatable bonds is 6. The van der Waals surface area contributed by atoms with Crippen molar-refractivity contribution in [2.45, 2.75) is 6.61 Å². The standard InChI is InChI=1S/C12H14N2O4/c1-17-5-6-18-7-10-13-9-4-2-3-8(12(15)16)11(9)14-10/h2-4H,5-7H2,1H3,(H,13,14)(H,15,16). The van der Waals surface area contributed by atoms with Crippen molar-refractivity contribution < 1.29 is 19.4 Å². The maximum absolute atomic E-state index is 11.0. The van der Waals surface area contributed by atoms with Crippen molar-refractivity contribution in [3.63, 3.8) is 0 Å². The third-order valence-corrected chi connectivity index (χ3v) is 2.46. The summed E-state index contributed by atoms with van der Waals surface area (Å²) in [6, 6.07) is 4.99. The van der Waals surface area contributed by atoms with Crippen molar-refractivity contribution in [2.75, 3.05) is 20.3 Å². The zero-order valence-corrected chi connectivity index (χ0v) is 9.97. The summed E-state index contributed by atoms with van der Waals surface area (Å²) in [5.74, 6) is -0.381. The molecule has 6 nitrogen and oxygen atoms in total. The minimum atomic E-state index is -0.987. The van der Waals surface area contributed by atoms with Crippen LogP contribution in [0.25, 0.3) is 11.0 Å². The summed E-state index contributed by atoms with van der Waals surface area (Å²) in [6.45, 7) is 1.29. The van der Waals surface area contributed by atoms with Gasteiger partial charge in [-0.15, -0.1) is 0 Å². The van der Waals surface area contributed by atoms with Gasteiger partial charge in [-0.2, -0.15) is 0 Å². The van der Waals surface area contributed by atoms with Crippen LogP contribution in [0.5, 0.6) is 0 Å². The lowest BCUT2D eigenvalue weighted by molar-refractivity contribution is 0.0590. The van der Waals surface area contributed by atoms with E-state index >= 15 is 0 Å². The van der Waals surface area contributed by atoms with Crippen molar-refractivity contribution >= 4 is 17.0 Å². The predicted molar refractivity (Wildman–Crippen MR) is 64.6 cm³/mol. The Kier molecular flexibility index (Phi) is 3.91. The lowest BCUT2D eigenvalue weighted by Gasteiger charge is -1.99. The number of nitrogens with zero attached hydrogens (tertiary/aromatic N) is 1. The molecule has 2 N–H and O–H groups in total. The van der Waals surface area contributed by atoms with Crippen LogP contribution in [0.2, 0.25) is 0 Å². The number of hydrogen-bond donors (Lipinski definition) is 2. The number of aromatic amines is 1. The number of fused-ring (bicyclic) bond motifs is 1. The van der Waals surface area contributed by atoms with Crippen LogP contribution in [0.3, 0.4) is 0 Å². The second-order valence-corrected chi connectivity index (χ2v) is 3.74. The molecule has 96 valence electrons. The fourth-order valence-corrected chi connectivity index (χ4v) is 1.64. The number of carboxylic acids is 1. The molecular formula is C12H14N2O4. The topological polar surface area (TPSA) is 84.4 Å². The molecular weight excluding hydrogens is 236 g/mol. The Morgan fingerprint density at radius 1 is 1.44 bits per heavy atom. The van der Waals surface area contributed by atoms with E-state index < -0.39 is 5.97 Å². The van der Waals surface area contributed by atoms with Gasteiger partial charge in [-0.3, -0.25) is 0 Å². The van der Waals surface area contributed by atoms with Gasteiger partial charge in [-0.05, 0) is 12.1 Å². The predicted octanol–water partition coefficient (Wildman–Crippen LogP) is 1.42. The Labute approximate surface area is 104 Å². The number of H-pyrrole nitrogens is 1. The number of imidazole rings is 1. The molecule has 0 atom stereocenters. The van der Waals surface area contributed by atoms with Crippen LogP contribution >= 0.6 is 0 Å². The second kappa shape index (κ2) is 5.61. The molecule has 0 saturated heterocycles. The Hall–Kier alpha value is -1.92. The van der Waals surface area contributed by atoms with Gasteiger partial charge in [0, 0.05) is 7.11 Å². The highest BCUT2D eigenvalue weighted by Gasteiger charge is 2.12. The number of benzene rings is 1. The lowest BCUT2D eigenvalue weighted by atomic mass is 10.2. The number of methoxy groups -OCH3 is 1. The quantitative estimate of drug-likeness (QED) is 0.757. The molecule has 0 amide bonds. The zero-order valence-electron chi connectivity index (χ0n) is 9.97. The minimum absolute atomic E-state index is 0.187. The Morgan fingerprint density at radius 2 is 2.28 bits per heavy atom. The van der Waals surface area contributed by atoms with Gasteiger partial charge < -0.3 is 19.6 Å². The summed E-state index contributed by atoms with van der Waals surface area (Å²) < 4.78 is 10.2. The van der Waals surface area contributed by atoms with Gasteiger partial charge in [0.2, 0.25) is 0 Å². The van der Waals surface area contributed by atoms with Crippen LogP contribution in [0, 0.1) is 0 Å². The maximum Gasteiger partial charge on any atom is 0.337 e. The average molecular weight is 250 g/mol. The van der Waals surface area contributed by atoms with Gasteiger partial charge in [0.15, 0.2) is 0 Å². The number of ether oxygens (including phenoxy) is 2. The van der Waals surface area contributed by atoms with Crippen molar-refractivity contribution in [3.05, 3.63) is 29.6 Å². The molecule has 2 aromatic rings. The smallest absolute Gasteiger partial charge is 0.337 e. The molecule has 0 aliphatic rings. The molecule has 0 aliphatic carbocycles. The van der Waals surface area contributed by atoms with E-state index in [-0.39, 0.29) is 5.56 Å². The van der Waals surface area contributed by atoms with Gasteiger partial charge >= 0.3 is 5.97 Å². The number of nitrogens with one attached hydrogen (secondary N) is 1. The minimum Gasteiger partial charge on any atom is -0.478 e. The first-order chi connectivity index (χ1) is 8.72. The van der Waals surface area contributed by atoms with Crippen LogP contribution in [0.1, 0.15) is 16.2 Å². The number of hydrogen-bond acceptors (Lipinski definition) is 4. The Bertz CT molecular complexity index is 550. The van der Waals surface area contributed by atoms with Gasteiger partial charge in [-0.1, -0.05) is 6.07 Å². The monoisotopic (exact) mass is 250 g/mol. The number of aromatic nitrogens is 2. The van der Waals surface area contributed by atoms with Crippen molar-refractivity contribution in [2.24, 2.45) is 0 Å². The number of aromatic carboxylic acids is 1. The first kappa shape index (κ1) is 12.5. The van der Waals surface area contributed by atoms with Gasteiger partial charge in [-0.25, -0.2) is 9.78 Å². The van der Waals surface area contributed by atoms with Gasteiger partial charge in [0.1, 0.15) is 17.9 Å². The van der Waals surface area contributed by atoms with Crippen LogP contribution in [0.15, 0.2) is 18.2 Å². The SMILES string of the molecule is COCCOCc1nc2c(C(=O)O)cccc2[nH]1. The summed E-state index contributed by atoms with van der Waals surface area (Å²) in [4.78, 5) is 18.3. The molecule has 18 heavy (non-hydrogen) atoms. The molecule has 0 aliphatic heterocycles. The highest BCUT2D eigenvalue weighted by atomic mass is 16.5. The van der Waals surface area contributed by atoms with Crippen molar-refractivity contribution in [1.82, 2.24) is 9.97 Å². The molecule has 0 fully saturated rings. The summed E-state index contributed by atoms with van der Waals surface area (Å²) >= 11 is 0. The molecule has 0 radical (unpaired) electrons. The van der Waals surface area contributed by atoms with E-state index in [1.807, 2.05) is 0 Å². The van der Waals surface area contributed by atoms with E-state index in [9.17, 15) is 4.79 Å². The van der Waals surface area contributed by atoms with Crippen LogP contribution in [-0.4, -0.2) is 41.4 Å². The average Bonchev–Trinajstić information content (AvgIpc) is 2.76. The molecule has 0 bridgehead atoms. The molecule has 0 spiro atoms. The summed E-state index contributed by atoms with van der Waals surface area (Å²) in [5, 5.41) is 9.04. The molecule has 6 heteroatoms. The van der Waals surface area contributed by atoms with Gasteiger partial charge in [0.05, 0.1) is 24.3 Å². The normalized spacial score (nSPS) is 10.9. The Balaban J connectivity index is 2.17. The summed E-state index contributed by atoms with van der Waals surface area (Å²) in [6.07, 6.45) is 0. The van der Waals surface area contributed by atoms with Crippen LogP contribution in [-0.2, 0) is 16.1 Å². The van der Waals surface area contributed by atoms with Crippen LogP contribution in [0.4, 0.5) is 0 Å². The molecule has 0 unspecified atom stereocenters. The third kappa shape index (κ3) is 2.66. The molecule has 0 saturated carbocycles. The van der Waals surface area contributed by atoms with Crippen molar-refractivity contribution in [1.29, 1.82) is 0 Å². The molecule has 1 heterocycles. The van der Waals surface area contributed by atoms with Crippen molar-refractivity contribution in [3.8, 4) is 0 Å². The maximum atomic E-state index is 11.0. The number of carboxylic acid groups (broad SMARTS) is 1. The van der Waals surface area contributed by atoms with E-state index in [1.54, 1.807) is 19.2 Å². The molecule has 1 aromatic heterocycles. The van der Waals surface area contributed by atoms with E-state index in [0.717, 1.165) is 0 Å². The van der Waals surface area contributed by atoms with E-state index in [1.165, 1.54) is 6.07 Å². The summed E-state index contributed by atoms with van der Waals surface area (Å²) in [5.41, 5.74) is 1.34. The third-order valence-electron chi connectivity index (χ3n) is 2.46. The van der Waals surface area contributed by atoms with E-state index in [0.29, 0.717) is 36.7 Å². The second-order valence-electron chi connectivity index (χ2n) is 3.74. The Morgan fingerprint density at radius 3 is 3.00 bits per heavy atom. The largest absolute Gasteiger partial charge is 0.478 e. The number of carbonyl (C=O) groups is 1. The van der Waals surface area contributed by atoms with Gasteiger partial charge in [0.25, 0.3) is 0 Å². The lowest BCUT2D eigenvalue weighted by Crippen LogP contribution is -2.02. The first-order valence-electron chi connectivity index (χ1n) is 5.50. The van der Waals surface area contributed by atoms with E-state index in [2.05, 4.69) is 9.97 Å². The fraction of sp³-hybridized carbons (Fsp3) is 0.333. The molecule has 2 rings (SSSR count). The number of para-hydroxylation sites is 1. The fourth-order valence-electron chi connectivity index (χ4n) is 1.64. The van der Waals surface area contributed by atoms with E-state index in [4.69, 9.17) is 14.6 Å². The highest BCUT2D eigenvalue weighted by Crippen LogP contribution is 2.16. The molecule has 1 aromatic carbocycles.